The van der Waals surface area contributed by atoms with E-state index >= 15 is 0 Å². The molecule has 0 spiro atoms. The predicted molar refractivity (Wildman–Crippen MR) is 99.6 cm³/mol. The summed E-state index contributed by atoms with van der Waals surface area (Å²) in [5, 5.41) is 3.10. The average Bonchev–Trinajstić information content (AvgIpc) is 2.38. The maximum absolute atomic E-state index is 5.86. The van der Waals surface area contributed by atoms with Gasteiger partial charge in [-0.3, -0.25) is 4.99 Å². The van der Waals surface area contributed by atoms with Crippen molar-refractivity contribution in [3.8, 4) is 5.75 Å². The fraction of sp³-hybridized carbons (Fsp3) is 0.533. The molecular formula is C15H27IN4O. The number of rotatable bonds is 6. The van der Waals surface area contributed by atoms with Crippen LogP contribution in [0.4, 0.5) is 0 Å². The van der Waals surface area contributed by atoms with Crippen LogP contribution in [0.5, 0.6) is 5.75 Å². The van der Waals surface area contributed by atoms with Gasteiger partial charge in [0.1, 0.15) is 5.75 Å². The van der Waals surface area contributed by atoms with Gasteiger partial charge in [-0.05, 0) is 34.0 Å². The standard InChI is InChI=1S/C15H26N4O.HI/c1-11(2)18-15(16)17-10-13(19(3)4)12-8-6-7-9-14(12)20-5;/h6-9,11,13H,10H2,1-5H3,(H3,16,17,18);1H. The van der Waals surface area contributed by atoms with Crippen molar-refractivity contribution >= 4 is 29.9 Å². The minimum atomic E-state index is 0. The van der Waals surface area contributed by atoms with E-state index in [-0.39, 0.29) is 36.1 Å². The number of guanidine groups is 1. The first-order valence-electron chi connectivity index (χ1n) is 6.81. The third-order valence-electron chi connectivity index (χ3n) is 2.99. The largest absolute Gasteiger partial charge is 0.496 e. The Kier molecular flexibility index (Phi) is 9.36. The summed E-state index contributed by atoms with van der Waals surface area (Å²) >= 11 is 0. The van der Waals surface area contributed by atoms with Crippen LogP contribution in [0, 0.1) is 0 Å². The van der Waals surface area contributed by atoms with E-state index in [1.54, 1.807) is 7.11 Å². The molecule has 0 radical (unpaired) electrons. The van der Waals surface area contributed by atoms with E-state index in [9.17, 15) is 0 Å². The number of nitrogens with zero attached hydrogens (tertiary/aromatic N) is 2. The van der Waals surface area contributed by atoms with Gasteiger partial charge >= 0.3 is 0 Å². The highest BCUT2D eigenvalue weighted by atomic mass is 127. The fourth-order valence-corrected chi connectivity index (χ4v) is 2.01. The van der Waals surface area contributed by atoms with Crippen LogP contribution in [0.2, 0.25) is 0 Å². The molecule has 6 heteroatoms. The first kappa shape index (κ1) is 20.0. The highest BCUT2D eigenvalue weighted by Gasteiger charge is 2.17. The third kappa shape index (κ3) is 6.52. The number of nitrogens with two attached hydrogens (primary N) is 1. The molecule has 0 aliphatic rings. The first-order chi connectivity index (χ1) is 9.45. The van der Waals surface area contributed by atoms with Gasteiger partial charge in [0, 0.05) is 11.6 Å². The molecule has 0 saturated carbocycles. The van der Waals surface area contributed by atoms with Gasteiger partial charge in [0.2, 0.25) is 0 Å². The Morgan fingerprint density at radius 3 is 2.48 bits per heavy atom. The summed E-state index contributed by atoms with van der Waals surface area (Å²) in [6.45, 7) is 4.65. The van der Waals surface area contributed by atoms with Gasteiger partial charge in [-0.2, -0.15) is 0 Å². The van der Waals surface area contributed by atoms with Crippen molar-refractivity contribution in [2.24, 2.45) is 10.7 Å². The SMILES string of the molecule is COc1ccccc1C(CN=C(N)NC(C)C)N(C)C.I. The molecular weight excluding hydrogens is 379 g/mol. The van der Waals surface area contributed by atoms with E-state index in [4.69, 9.17) is 10.5 Å². The normalized spacial score (nSPS) is 13.0. The van der Waals surface area contributed by atoms with E-state index < -0.39 is 0 Å². The zero-order valence-corrected chi connectivity index (χ0v) is 15.8. The first-order valence-corrected chi connectivity index (χ1v) is 6.81. The second kappa shape index (κ2) is 9.83. The molecule has 1 aromatic carbocycles. The Labute approximate surface area is 145 Å². The molecule has 0 aliphatic heterocycles. The molecule has 1 unspecified atom stereocenters. The highest BCUT2D eigenvalue weighted by molar-refractivity contribution is 14.0. The summed E-state index contributed by atoms with van der Waals surface area (Å²) in [6.07, 6.45) is 0. The van der Waals surface area contributed by atoms with Crippen molar-refractivity contribution in [1.29, 1.82) is 0 Å². The summed E-state index contributed by atoms with van der Waals surface area (Å²) in [6, 6.07) is 8.40. The topological polar surface area (TPSA) is 62.9 Å². The number of benzene rings is 1. The van der Waals surface area contributed by atoms with Crippen molar-refractivity contribution in [3.63, 3.8) is 0 Å². The second-order valence-corrected chi connectivity index (χ2v) is 5.25. The molecule has 120 valence electrons. The lowest BCUT2D eigenvalue weighted by molar-refractivity contribution is 0.295. The number of para-hydroxylation sites is 1. The highest BCUT2D eigenvalue weighted by Crippen LogP contribution is 2.27. The van der Waals surface area contributed by atoms with Gasteiger partial charge in [-0.1, -0.05) is 18.2 Å². The van der Waals surface area contributed by atoms with E-state index in [1.807, 2.05) is 46.1 Å². The molecule has 0 aliphatic carbocycles. The van der Waals surface area contributed by atoms with Gasteiger partial charge in [-0.25, -0.2) is 0 Å². The van der Waals surface area contributed by atoms with E-state index in [0.717, 1.165) is 11.3 Å². The van der Waals surface area contributed by atoms with E-state index in [1.165, 1.54) is 0 Å². The van der Waals surface area contributed by atoms with Gasteiger partial charge in [0.25, 0.3) is 0 Å². The van der Waals surface area contributed by atoms with Crippen LogP contribution in [0.3, 0.4) is 0 Å². The molecule has 1 atom stereocenters. The Morgan fingerprint density at radius 2 is 1.95 bits per heavy atom. The number of ether oxygens (including phenoxy) is 1. The van der Waals surface area contributed by atoms with E-state index in [2.05, 4.69) is 21.3 Å². The number of methoxy groups -OCH3 is 1. The van der Waals surface area contributed by atoms with Crippen LogP contribution in [0.15, 0.2) is 29.3 Å². The Bertz CT molecular complexity index is 449. The van der Waals surface area contributed by atoms with Crippen LogP contribution in [-0.2, 0) is 0 Å². The predicted octanol–water partition coefficient (Wildman–Crippen LogP) is 2.23. The second-order valence-electron chi connectivity index (χ2n) is 5.25. The lowest BCUT2D eigenvalue weighted by Crippen LogP contribution is -2.37. The van der Waals surface area contributed by atoms with Gasteiger partial charge in [-0.15, -0.1) is 24.0 Å². The maximum Gasteiger partial charge on any atom is 0.188 e. The number of hydrogen-bond donors (Lipinski definition) is 2. The van der Waals surface area contributed by atoms with Crippen LogP contribution in [0.25, 0.3) is 0 Å². The van der Waals surface area contributed by atoms with Crippen LogP contribution in [0.1, 0.15) is 25.5 Å². The zero-order valence-electron chi connectivity index (χ0n) is 13.5. The molecule has 0 fully saturated rings. The molecule has 0 aromatic heterocycles. The lowest BCUT2D eigenvalue weighted by atomic mass is 10.0. The minimum absolute atomic E-state index is 0. The third-order valence-corrected chi connectivity index (χ3v) is 2.99. The minimum Gasteiger partial charge on any atom is -0.496 e. The smallest absolute Gasteiger partial charge is 0.188 e. The Morgan fingerprint density at radius 1 is 1.33 bits per heavy atom. The molecule has 0 heterocycles. The average molecular weight is 406 g/mol. The summed E-state index contributed by atoms with van der Waals surface area (Å²) in [7, 11) is 5.74. The van der Waals surface area contributed by atoms with Crippen molar-refractivity contribution in [1.82, 2.24) is 10.2 Å². The van der Waals surface area contributed by atoms with Gasteiger partial charge in [0.05, 0.1) is 19.7 Å². The quantitative estimate of drug-likeness (QED) is 0.432. The molecule has 3 N–H and O–H groups in total. The molecule has 0 amide bonds. The van der Waals surface area contributed by atoms with Crippen LogP contribution < -0.4 is 15.8 Å². The number of nitrogens with one attached hydrogen (secondary N) is 1. The van der Waals surface area contributed by atoms with Crippen LogP contribution in [-0.4, -0.2) is 44.7 Å². The van der Waals surface area contributed by atoms with Crippen molar-refractivity contribution < 1.29 is 4.74 Å². The molecule has 0 bridgehead atoms. The van der Waals surface area contributed by atoms with Gasteiger partial charge < -0.3 is 20.7 Å². The van der Waals surface area contributed by atoms with Crippen molar-refractivity contribution in [3.05, 3.63) is 29.8 Å². The van der Waals surface area contributed by atoms with Crippen molar-refractivity contribution in [2.75, 3.05) is 27.7 Å². The zero-order chi connectivity index (χ0) is 15.1. The van der Waals surface area contributed by atoms with Gasteiger partial charge in [0.15, 0.2) is 5.96 Å². The summed E-state index contributed by atoms with van der Waals surface area (Å²) in [5.41, 5.74) is 6.97. The summed E-state index contributed by atoms with van der Waals surface area (Å²) < 4.78 is 5.43. The molecule has 5 nitrogen and oxygen atoms in total. The van der Waals surface area contributed by atoms with Crippen molar-refractivity contribution in [2.45, 2.75) is 25.9 Å². The van der Waals surface area contributed by atoms with Crippen LogP contribution >= 0.6 is 24.0 Å². The summed E-state index contributed by atoms with van der Waals surface area (Å²) in [5.74, 6) is 1.35. The molecule has 1 rings (SSSR count). The van der Waals surface area contributed by atoms with E-state index in [0.29, 0.717) is 12.5 Å². The maximum atomic E-state index is 5.86. The lowest BCUT2D eigenvalue weighted by Gasteiger charge is -2.25. The number of hydrogen-bond acceptors (Lipinski definition) is 3. The number of likely N-dealkylation sites (N-methyl/N-ethyl adjacent to an activating group) is 1. The Balaban J connectivity index is 0.00000400. The molecule has 0 saturated heterocycles. The monoisotopic (exact) mass is 406 g/mol. The number of halogens is 1. The molecule has 21 heavy (non-hydrogen) atoms. The molecule has 1 aromatic rings. The fourth-order valence-electron chi connectivity index (χ4n) is 2.01. The summed E-state index contributed by atoms with van der Waals surface area (Å²) in [4.78, 5) is 6.54. The Hall–Kier alpha value is -1.02. The number of aliphatic imine (C=N–C) groups is 1.